The van der Waals surface area contributed by atoms with E-state index in [-0.39, 0.29) is 0 Å². The van der Waals surface area contributed by atoms with Gasteiger partial charge in [0.05, 0.1) is 5.69 Å². The van der Waals surface area contributed by atoms with Crippen molar-refractivity contribution >= 4 is 24.1 Å². The fourth-order valence-electron chi connectivity index (χ4n) is 0.832. The first-order valence-corrected chi connectivity index (χ1v) is 4.05. The topological polar surface area (TPSA) is 67.8 Å². The lowest BCUT2D eigenvalue weighted by molar-refractivity contribution is 1.10. The molecule has 1 aromatic rings. The number of nitrogens with zero attached hydrogens (tertiary/aromatic N) is 1. The molecule has 0 bridgehead atoms. The zero-order valence-corrected chi connectivity index (χ0v) is 7.53. The van der Waals surface area contributed by atoms with Crippen molar-refractivity contribution in [3.63, 3.8) is 0 Å². The van der Waals surface area contributed by atoms with E-state index in [1.165, 1.54) is 0 Å². The van der Waals surface area contributed by atoms with E-state index < -0.39 is 0 Å². The number of rotatable bonds is 3. The average Bonchev–Trinajstić information content (AvgIpc) is 2.42. The summed E-state index contributed by atoms with van der Waals surface area (Å²) in [5.74, 6) is 0.477. The van der Waals surface area contributed by atoms with E-state index in [9.17, 15) is 0 Å². The molecule has 0 aliphatic rings. The number of imidazole rings is 1. The van der Waals surface area contributed by atoms with Gasteiger partial charge < -0.3 is 9.97 Å². The molecule has 4 nitrogen and oxygen atoms in total. The molecule has 0 saturated heterocycles. The molecule has 0 atom stereocenters. The van der Waals surface area contributed by atoms with Crippen LogP contribution in [-0.4, -0.2) is 9.97 Å². The maximum atomic E-state index is 6.83. The summed E-state index contributed by atoms with van der Waals surface area (Å²) in [6, 6.07) is 0. The van der Waals surface area contributed by atoms with Gasteiger partial charge in [0.1, 0.15) is 0 Å². The van der Waals surface area contributed by atoms with Crippen LogP contribution in [0.5, 0.6) is 0 Å². The molecule has 12 heavy (non-hydrogen) atoms. The van der Waals surface area contributed by atoms with Crippen molar-refractivity contribution in [3.8, 4) is 0 Å². The van der Waals surface area contributed by atoms with Gasteiger partial charge >= 0.3 is 0 Å². The van der Waals surface area contributed by atoms with Gasteiger partial charge in [-0.1, -0.05) is 13.0 Å². The van der Waals surface area contributed by atoms with Crippen LogP contribution in [0.1, 0.15) is 19.0 Å². The van der Waals surface area contributed by atoms with Gasteiger partial charge in [0, 0.05) is 0 Å². The van der Waals surface area contributed by atoms with Crippen LogP contribution in [0.25, 0.3) is 6.08 Å². The third-order valence-electron chi connectivity index (χ3n) is 1.37. The van der Waals surface area contributed by atoms with Crippen molar-refractivity contribution in [1.82, 2.24) is 9.97 Å². The molecule has 64 valence electrons. The van der Waals surface area contributed by atoms with Gasteiger partial charge in [-0.3, -0.25) is 0 Å². The monoisotopic (exact) mass is 182 g/mol. The highest BCUT2D eigenvalue weighted by atomic mass is 32.1. The van der Waals surface area contributed by atoms with Crippen molar-refractivity contribution in [1.29, 1.82) is 5.53 Å². The minimum absolute atomic E-state index is 0.477. The molecule has 0 unspecified atom stereocenters. The summed E-state index contributed by atoms with van der Waals surface area (Å²) >= 11 is 4.85. The maximum absolute atomic E-state index is 6.83. The first kappa shape index (κ1) is 8.86. The van der Waals surface area contributed by atoms with Crippen molar-refractivity contribution < 1.29 is 0 Å². The number of hydrogen-bond acceptors (Lipinski definition) is 3. The van der Waals surface area contributed by atoms with Crippen molar-refractivity contribution in [2.45, 2.75) is 13.3 Å². The molecular weight excluding hydrogens is 172 g/mol. The minimum atomic E-state index is 0.477. The van der Waals surface area contributed by atoms with Gasteiger partial charge in [0.15, 0.2) is 10.6 Å². The smallest absolute Gasteiger partial charge is 0.177 e. The predicted octanol–water partition coefficient (Wildman–Crippen LogP) is 3.16. The fourth-order valence-corrected chi connectivity index (χ4v) is 1.04. The molecule has 3 N–H and O–H groups in total. The Morgan fingerprint density at radius 3 is 2.92 bits per heavy atom. The SMILES string of the molecule is CC/C=C\c1[nH]c(=S)[nH]c1N=N. The summed E-state index contributed by atoms with van der Waals surface area (Å²) in [7, 11) is 0. The highest BCUT2D eigenvalue weighted by Gasteiger charge is 1.98. The molecular formula is C7H10N4S. The predicted molar refractivity (Wildman–Crippen MR) is 50.1 cm³/mol. The van der Waals surface area contributed by atoms with Gasteiger partial charge in [0.25, 0.3) is 0 Å². The maximum Gasteiger partial charge on any atom is 0.177 e. The minimum Gasteiger partial charge on any atom is -0.329 e. The van der Waals surface area contributed by atoms with Crippen LogP contribution < -0.4 is 0 Å². The lowest BCUT2D eigenvalue weighted by atomic mass is 10.3. The Morgan fingerprint density at radius 2 is 2.33 bits per heavy atom. The lowest BCUT2D eigenvalue weighted by Crippen LogP contribution is -1.69. The quantitative estimate of drug-likeness (QED) is 0.487. The Kier molecular flexibility index (Phi) is 2.93. The Labute approximate surface area is 75.2 Å². The molecule has 0 aliphatic heterocycles. The van der Waals surface area contributed by atoms with Gasteiger partial charge in [0.2, 0.25) is 0 Å². The number of hydrogen-bond donors (Lipinski definition) is 3. The first-order valence-electron chi connectivity index (χ1n) is 3.64. The summed E-state index contributed by atoms with van der Waals surface area (Å²) in [5, 5.41) is 3.29. The third kappa shape index (κ3) is 1.88. The highest BCUT2D eigenvalue weighted by Crippen LogP contribution is 2.15. The number of H-pyrrole nitrogens is 2. The van der Waals surface area contributed by atoms with E-state index in [0.29, 0.717) is 10.6 Å². The van der Waals surface area contributed by atoms with E-state index in [1.54, 1.807) is 0 Å². The van der Waals surface area contributed by atoms with Crippen LogP contribution in [0.3, 0.4) is 0 Å². The van der Waals surface area contributed by atoms with Crippen LogP contribution in [0, 0.1) is 10.3 Å². The number of aromatic nitrogens is 2. The molecule has 0 radical (unpaired) electrons. The van der Waals surface area contributed by atoms with E-state index in [0.717, 1.165) is 12.1 Å². The van der Waals surface area contributed by atoms with Crippen molar-refractivity contribution in [3.05, 3.63) is 16.5 Å². The van der Waals surface area contributed by atoms with Gasteiger partial charge in [-0.05, 0) is 24.7 Å². The van der Waals surface area contributed by atoms with E-state index in [2.05, 4.69) is 15.1 Å². The molecule has 0 aliphatic carbocycles. The molecule has 0 spiro atoms. The molecule has 0 amide bonds. The Balaban J connectivity index is 3.04. The second-order valence-electron chi connectivity index (χ2n) is 2.26. The van der Waals surface area contributed by atoms with Crippen LogP contribution >= 0.6 is 12.2 Å². The zero-order chi connectivity index (χ0) is 8.97. The van der Waals surface area contributed by atoms with Gasteiger partial charge in [-0.2, -0.15) is 0 Å². The van der Waals surface area contributed by atoms with Crippen LogP contribution in [0.2, 0.25) is 0 Å². The van der Waals surface area contributed by atoms with E-state index in [1.807, 2.05) is 19.1 Å². The molecule has 0 fully saturated rings. The Bertz CT molecular complexity index is 347. The summed E-state index contributed by atoms with van der Waals surface area (Å²) in [5.41, 5.74) is 7.59. The second-order valence-corrected chi connectivity index (χ2v) is 2.67. The van der Waals surface area contributed by atoms with Crippen LogP contribution in [-0.2, 0) is 0 Å². The number of allylic oxidation sites excluding steroid dienone is 1. The fraction of sp³-hybridized carbons (Fsp3) is 0.286. The normalized spacial score (nSPS) is 10.8. The third-order valence-corrected chi connectivity index (χ3v) is 1.57. The molecule has 1 rings (SSSR count). The van der Waals surface area contributed by atoms with Crippen molar-refractivity contribution in [2.75, 3.05) is 0 Å². The van der Waals surface area contributed by atoms with Crippen LogP contribution in [0.15, 0.2) is 11.2 Å². The molecule has 1 heterocycles. The van der Waals surface area contributed by atoms with Gasteiger partial charge in [-0.25, -0.2) is 5.53 Å². The van der Waals surface area contributed by atoms with E-state index >= 15 is 0 Å². The molecule has 1 aromatic heterocycles. The Hall–Kier alpha value is -1.23. The number of nitrogens with one attached hydrogen (secondary N) is 3. The van der Waals surface area contributed by atoms with Gasteiger partial charge in [-0.15, -0.1) is 5.11 Å². The second kappa shape index (κ2) is 3.96. The average molecular weight is 182 g/mol. The lowest BCUT2D eigenvalue weighted by Gasteiger charge is -1.86. The summed E-state index contributed by atoms with van der Waals surface area (Å²) in [6.07, 6.45) is 4.78. The van der Waals surface area contributed by atoms with Crippen molar-refractivity contribution in [2.24, 2.45) is 5.11 Å². The molecule has 0 aromatic carbocycles. The number of aromatic amines is 2. The summed E-state index contributed by atoms with van der Waals surface area (Å²) < 4.78 is 0.497. The van der Waals surface area contributed by atoms with E-state index in [4.69, 9.17) is 17.7 Å². The highest BCUT2D eigenvalue weighted by molar-refractivity contribution is 7.71. The molecule has 5 heteroatoms. The standard InChI is InChI=1S/C7H10N4S/c1-2-3-4-5-6(11-8)10-7(12)9-5/h3-4,8H,2H2,1H3,(H2,9,10,12)/b4-3-,11-8?. The zero-order valence-electron chi connectivity index (χ0n) is 6.72. The Morgan fingerprint density at radius 1 is 1.58 bits per heavy atom. The molecule has 0 saturated carbocycles. The summed E-state index contributed by atoms with van der Waals surface area (Å²) in [4.78, 5) is 5.65. The largest absolute Gasteiger partial charge is 0.329 e. The van der Waals surface area contributed by atoms with Crippen LogP contribution in [0.4, 0.5) is 5.82 Å². The first-order chi connectivity index (χ1) is 5.77. The summed E-state index contributed by atoms with van der Waals surface area (Å²) in [6.45, 7) is 2.04.